The predicted octanol–water partition coefficient (Wildman–Crippen LogP) is 4.03. The van der Waals surface area contributed by atoms with E-state index in [0.29, 0.717) is 0 Å². The maximum Gasteiger partial charge on any atom is 0.103 e. The van der Waals surface area contributed by atoms with Crippen molar-refractivity contribution >= 4 is 22.8 Å². The maximum absolute atomic E-state index is 5.80. The Labute approximate surface area is 131 Å². The second kappa shape index (κ2) is 7.22. The van der Waals surface area contributed by atoms with Crippen molar-refractivity contribution in [2.24, 2.45) is 4.99 Å². The molecule has 112 valence electrons. The van der Waals surface area contributed by atoms with E-state index >= 15 is 0 Å². The Balaban J connectivity index is 2.02. The van der Waals surface area contributed by atoms with Gasteiger partial charge in [-0.15, -0.1) is 0 Å². The molecule has 0 amide bonds. The standard InChI is InChI=1S/C18H20N4/c1-13(16-5-4-9-20-12-16)8-10-21-15(3)22-18-11-17(19)7-6-14(18)2/h4-12H,1,19H2,2-3H3,(H,21,22)/b10-8-. The predicted molar refractivity (Wildman–Crippen MR) is 94.7 cm³/mol. The third-order valence-corrected chi connectivity index (χ3v) is 3.15. The number of hydrogen-bond acceptors (Lipinski definition) is 3. The van der Waals surface area contributed by atoms with Crippen LogP contribution in [-0.2, 0) is 0 Å². The van der Waals surface area contributed by atoms with Gasteiger partial charge >= 0.3 is 0 Å². The monoisotopic (exact) mass is 292 g/mol. The molecule has 1 aromatic carbocycles. The Morgan fingerprint density at radius 2 is 2.18 bits per heavy atom. The summed E-state index contributed by atoms with van der Waals surface area (Å²) in [5.41, 5.74) is 10.4. The number of nitrogens with two attached hydrogens (primary N) is 1. The molecule has 22 heavy (non-hydrogen) atoms. The normalized spacial score (nSPS) is 11.6. The van der Waals surface area contributed by atoms with Crippen molar-refractivity contribution in [3.05, 3.63) is 72.7 Å². The molecule has 0 fully saturated rings. The number of anilines is 2. The van der Waals surface area contributed by atoms with E-state index in [-0.39, 0.29) is 0 Å². The third-order valence-electron chi connectivity index (χ3n) is 3.15. The fraction of sp³-hybridized carbons (Fsp3) is 0.111. The molecule has 0 unspecified atom stereocenters. The lowest BCUT2D eigenvalue weighted by Gasteiger charge is -2.09. The summed E-state index contributed by atoms with van der Waals surface area (Å²) < 4.78 is 0. The van der Waals surface area contributed by atoms with Crippen molar-refractivity contribution < 1.29 is 0 Å². The van der Waals surface area contributed by atoms with Gasteiger partial charge in [-0.1, -0.05) is 18.7 Å². The van der Waals surface area contributed by atoms with E-state index in [9.17, 15) is 0 Å². The Morgan fingerprint density at radius 1 is 1.36 bits per heavy atom. The van der Waals surface area contributed by atoms with Crippen molar-refractivity contribution in [2.45, 2.75) is 13.8 Å². The number of hydrogen-bond donors (Lipinski definition) is 2. The Hall–Kier alpha value is -2.88. The van der Waals surface area contributed by atoms with E-state index in [1.807, 2.05) is 50.3 Å². The van der Waals surface area contributed by atoms with Crippen LogP contribution in [0.1, 0.15) is 18.1 Å². The summed E-state index contributed by atoms with van der Waals surface area (Å²) in [7, 11) is 0. The maximum atomic E-state index is 5.80. The first-order valence-corrected chi connectivity index (χ1v) is 6.99. The van der Waals surface area contributed by atoms with E-state index in [1.54, 1.807) is 18.6 Å². The summed E-state index contributed by atoms with van der Waals surface area (Å²) in [6.07, 6.45) is 7.09. The number of nitrogen functional groups attached to an aromatic ring is 1. The van der Waals surface area contributed by atoms with E-state index < -0.39 is 0 Å². The number of benzene rings is 1. The molecule has 3 N–H and O–H groups in total. The second-order valence-electron chi connectivity index (χ2n) is 5.00. The van der Waals surface area contributed by atoms with Gasteiger partial charge in [0.25, 0.3) is 0 Å². The first-order chi connectivity index (χ1) is 10.6. The Bertz CT molecular complexity index is 715. The lowest BCUT2D eigenvalue weighted by Crippen LogP contribution is -2.08. The van der Waals surface area contributed by atoms with Crippen LogP contribution in [0.4, 0.5) is 11.4 Å². The molecular weight excluding hydrogens is 272 g/mol. The van der Waals surface area contributed by atoms with Crippen LogP contribution in [0.15, 0.2) is 66.6 Å². The van der Waals surface area contributed by atoms with Gasteiger partial charge in [-0.25, -0.2) is 4.99 Å². The van der Waals surface area contributed by atoms with E-state index in [0.717, 1.165) is 33.9 Å². The van der Waals surface area contributed by atoms with Gasteiger partial charge in [0.2, 0.25) is 0 Å². The van der Waals surface area contributed by atoms with Crippen LogP contribution in [0.5, 0.6) is 0 Å². The minimum atomic E-state index is 0.724. The van der Waals surface area contributed by atoms with Crippen LogP contribution in [0.3, 0.4) is 0 Å². The van der Waals surface area contributed by atoms with Crippen molar-refractivity contribution in [1.29, 1.82) is 0 Å². The highest BCUT2D eigenvalue weighted by Gasteiger charge is 1.99. The van der Waals surface area contributed by atoms with Crippen molar-refractivity contribution in [2.75, 3.05) is 11.1 Å². The van der Waals surface area contributed by atoms with Gasteiger partial charge in [0.05, 0.1) is 0 Å². The van der Waals surface area contributed by atoms with Crippen LogP contribution >= 0.6 is 0 Å². The summed E-state index contributed by atoms with van der Waals surface area (Å²) in [5.74, 6) is 0.781. The van der Waals surface area contributed by atoms with Gasteiger partial charge in [-0.3, -0.25) is 4.98 Å². The number of amidine groups is 1. The van der Waals surface area contributed by atoms with Crippen molar-refractivity contribution in [1.82, 2.24) is 4.98 Å². The van der Waals surface area contributed by atoms with Crippen LogP contribution < -0.4 is 11.1 Å². The van der Waals surface area contributed by atoms with Gasteiger partial charge in [-0.2, -0.15) is 0 Å². The summed E-state index contributed by atoms with van der Waals surface area (Å²) >= 11 is 0. The molecule has 0 aliphatic rings. The van der Waals surface area contributed by atoms with Gasteiger partial charge in [-0.05, 0) is 54.8 Å². The largest absolute Gasteiger partial charge is 0.399 e. The van der Waals surface area contributed by atoms with Crippen LogP contribution in [-0.4, -0.2) is 10.8 Å². The number of allylic oxidation sites excluding steroid dienone is 2. The number of aliphatic imine (C=N–C) groups is 1. The average Bonchev–Trinajstić information content (AvgIpc) is 2.51. The molecule has 0 spiro atoms. The lowest BCUT2D eigenvalue weighted by molar-refractivity contribution is 1.31. The number of rotatable bonds is 4. The number of pyridine rings is 1. The van der Waals surface area contributed by atoms with Crippen LogP contribution in [0.25, 0.3) is 5.57 Å². The highest BCUT2D eigenvalue weighted by molar-refractivity contribution is 5.95. The fourth-order valence-electron chi connectivity index (χ4n) is 1.89. The SMILES string of the molecule is C=C(/C=C\N=C(C)Nc1cc(N)ccc1C)c1cccnc1. The first-order valence-electron chi connectivity index (χ1n) is 6.99. The molecule has 4 nitrogen and oxygen atoms in total. The quantitative estimate of drug-likeness (QED) is 0.387. The summed E-state index contributed by atoms with van der Waals surface area (Å²) in [4.78, 5) is 8.43. The average molecular weight is 292 g/mol. The number of nitrogens with one attached hydrogen (secondary N) is 1. The molecule has 2 aromatic rings. The topological polar surface area (TPSA) is 63.3 Å². The lowest BCUT2D eigenvalue weighted by atomic mass is 10.1. The smallest absolute Gasteiger partial charge is 0.103 e. The summed E-state index contributed by atoms with van der Waals surface area (Å²) in [6, 6.07) is 9.60. The van der Waals surface area contributed by atoms with Gasteiger partial charge < -0.3 is 11.1 Å². The molecule has 0 aliphatic carbocycles. The minimum absolute atomic E-state index is 0.724. The highest BCUT2D eigenvalue weighted by Crippen LogP contribution is 2.18. The zero-order valence-electron chi connectivity index (χ0n) is 12.9. The molecule has 0 saturated heterocycles. The molecular formula is C18H20N4. The van der Waals surface area contributed by atoms with E-state index in [2.05, 4.69) is 21.9 Å². The fourth-order valence-corrected chi connectivity index (χ4v) is 1.89. The van der Waals surface area contributed by atoms with E-state index in [4.69, 9.17) is 5.73 Å². The third kappa shape index (κ3) is 4.31. The summed E-state index contributed by atoms with van der Waals surface area (Å²) in [6.45, 7) is 7.92. The molecule has 0 atom stereocenters. The molecule has 1 heterocycles. The first kappa shape index (κ1) is 15.5. The molecule has 0 bridgehead atoms. The number of aryl methyl sites for hydroxylation is 1. The Kier molecular flexibility index (Phi) is 5.09. The van der Waals surface area contributed by atoms with Gasteiger partial charge in [0.15, 0.2) is 0 Å². The number of nitrogens with zero attached hydrogens (tertiary/aromatic N) is 2. The molecule has 0 aliphatic heterocycles. The zero-order chi connectivity index (χ0) is 15.9. The molecule has 4 heteroatoms. The van der Waals surface area contributed by atoms with Crippen LogP contribution in [0, 0.1) is 6.92 Å². The molecule has 2 rings (SSSR count). The highest BCUT2D eigenvalue weighted by atomic mass is 15.0. The van der Waals surface area contributed by atoms with Crippen LogP contribution in [0.2, 0.25) is 0 Å². The zero-order valence-corrected chi connectivity index (χ0v) is 12.9. The summed E-state index contributed by atoms with van der Waals surface area (Å²) in [5, 5.41) is 3.24. The van der Waals surface area contributed by atoms with Gasteiger partial charge in [0, 0.05) is 30.0 Å². The Morgan fingerprint density at radius 3 is 2.91 bits per heavy atom. The van der Waals surface area contributed by atoms with Gasteiger partial charge in [0.1, 0.15) is 5.84 Å². The molecule has 1 aromatic heterocycles. The van der Waals surface area contributed by atoms with E-state index in [1.165, 1.54) is 0 Å². The van der Waals surface area contributed by atoms with Crippen molar-refractivity contribution in [3.63, 3.8) is 0 Å². The van der Waals surface area contributed by atoms with Crippen molar-refractivity contribution in [3.8, 4) is 0 Å². The molecule has 0 radical (unpaired) electrons. The second-order valence-corrected chi connectivity index (χ2v) is 5.00. The number of aromatic nitrogens is 1. The molecule has 0 saturated carbocycles. The minimum Gasteiger partial charge on any atom is -0.399 e.